The zero-order valence-electron chi connectivity index (χ0n) is 49.2. The van der Waals surface area contributed by atoms with E-state index in [1.54, 1.807) is 0 Å². The first kappa shape index (κ1) is 69.6. The van der Waals surface area contributed by atoms with Gasteiger partial charge in [0.1, 0.15) is 13.2 Å². The van der Waals surface area contributed by atoms with Crippen LogP contribution in [0.25, 0.3) is 0 Å². The summed E-state index contributed by atoms with van der Waals surface area (Å²) in [4.78, 5) is 24.7. The standard InChI is InChI=1S/C67H128O6/c1-2-3-4-5-6-7-8-9-10-11-12-13-14-15-16-17-18-19-20-21-22-23-24-25-26-27-28-29-30-31-32-33-34-35-36-37-38-39-40-41-42-43-44-45-46-47-48-49-50-51-52-53-54-55-56-57-58-64-59-65(70)72-62-67(60-68,61-69)63-73-66(64)71/h42-43,64,68-69H,2-41,44-63H2,1H3/b43-42+. The van der Waals surface area contributed by atoms with Crippen molar-refractivity contribution in [3.63, 3.8) is 0 Å². The molecule has 6 nitrogen and oxygen atoms in total. The van der Waals surface area contributed by atoms with E-state index in [0.717, 1.165) is 19.3 Å². The van der Waals surface area contributed by atoms with E-state index in [1.165, 1.54) is 327 Å². The van der Waals surface area contributed by atoms with Crippen molar-refractivity contribution >= 4 is 11.9 Å². The molecule has 1 fully saturated rings. The fourth-order valence-corrected chi connectivity index (χ4v) is 11.1. The minimum absolute atomic E-state index is 0.00266. The summed E-state index contributed by atoms with van der Waals surface area (Å²) in [5.41, 5.74) is -1.12. The van der Waals surface area contributed by atoms with Gasteiger partial charge in [0.25, 0.3) is 0 Å². The molecule has 2 N–H and O–H groups in total. The van der Waals surface area contributed by atoms with Gasteiger partial charge in [-0.2, -0.15) is 0 Å². The molecule has 1 saturated heterocycles. The molecule has 0 aliphatic carbocycles. The lowest BCUT2D eigenvalue weighted by atomic mass is 9.92. The number of cyclic esters (lactones) is 2. The van der Waals surface area contributed by atoms with E-state index in [1.807, 2.05) is 0 Å². The largest absolute Gasteiger partial charge is 0.465 e. The Labute approximate surface area is 455 Å². The molecule has 1 rings (SSSR count). The molecule has 1 aliphatic rings. The number of rotatable bonds is 58. The number of unbranched alkanes of at least 4 members (excludes halogenated alkanes) is 52. The van der Waals surface area contributed by atoms with Gasteiger partial charge in [-0.05, 0) is 32.1 Å². The second-order valence-corrected chi connectivity index (χ2v) is 23.9. The molecule has 0 saturated carbocycles. The topological polar surface area (TPSA) is 93.1 Å². The van der Waals surface area contributed by atoms with Crippen molar-refractivity contribution in [1.82, 2.24) is 0 Å². The summed E-state index contributed by atoms with van der Waals surface area (Å²) in [6.07, 6.45) is 81.7. The van der Waals surface area contributed by atoms with Crippen molar-refractivity contribution < 1.29 is 29.3 Å². The van der Waals surface area contributed by atoms with Gasteiger partial charge in [0.2, 0.25) is 0 Å². The molecule has 1 atom stereocenters. The number of ether oxygens (including phenoxy) is 2. The van der Waals surface area contributed by atoms with Crippen molar-refractivity contribution in [2.45, 2.75) is 366 Å². The molecule has 73 heavy (non-hydrogen) atoms. The van der Waals surface area contributed by atoms with Crippen molar-refractivity contribution in [2.24, 2.45) is 11.3 Å². The molecular weight excluding hydrogens is 901 g/mol. The average molecular weight is 1030 g/mol. The fraction of sp³-hybridized carbons (Fsp3) is 0.940. The Kier molecular flexibility index (Phi) is 54.2. The van der Waals surface area contributed by atoms with Crippen LogP contribution in [0.15, 0.2) is 12.2 Å². The molecule has 0 aromatic heterocycles. The first-order valence-electron chi connectivity index (χ1n) is 33.3. The Morgan fingerprint density at radius 3 is 0.849 bits per heavy atom. The fourth-order valence-electron chi connectivity index (χ4n) is 11.1. The third kappa shape index (κ3) is 48.7. The molecule has 0 aromatic carbocycles. The van der Waals surface area contributed by atoms with Gasteiger partial charge >= 0.3 is 11.9 Å². The van der Waals surface area contributed by atoms with E-state index in [-0.39, 0.29) is 19.6 Å². The smallest absolute Gasteiger partial charge is 0.309 e. The van der Waals surface area contributed by atoms with Crippen LogP contribution < -0.4 is 0 Å². The molecule has 1 aliphatic heterocycles. The number of carbonyl (C=O) groups excluding carboxylic acids is 2. The van der Waals surface area contributed by atoms with E-state index in [2.05, 4.69) is 19.1 Å². The molecule has 0 aromatic rings. The van der Waals surface area contributed by atoms with Crippen LogP contribution in [0.1, 0.15) is 366 Å². The van der Waals surface area contributed by atoms with Gasteiger partial charge in [0.15, 0.2) is 0 Å². The van der Waals surface area contributed by atoms with Crippen molar-refractivity contribution in [3.8, 4) is 0 Å². The van der Waals surface area contributed by atoms with Crippen LogP contribution in [0.2, 0.25) is 0 Å². The zero-order valence-corrected chi connectivity index (χ0v) is 49.2. The molecular formula is C67H128O6. The molecule has 1 heterocycles. The minimum Gasteiger partial charge on any atom is -0.465 e. The molecule has 0 amide bonds. The predicted octanol–water partition coefficient (Wildman–Crippen LogP) is 21.1. The highest BCUT2D eigenvalue weighted by atomic mass is 16.6. The van der Waals surface area contributed by atoms with E-state index >= 15 is 0 Å². The molecule has 0 bridgehead atoms. The van der Waals surface area contributed by atoms with Crippen LogP contribution >= 0.6 is 0 Å². The number of carbonyl (C=O) groups is 2. The SMILES string of the molecule is CCCCCCCCCCCCCCCCCCCCCCCCCCCCCCCCCCCCCCCCC/C=C/CCCCCCCCCCCCCCCC1CC(=O)OCC(CO)(CO)COC1=O. The van der Waals surface area contributed by atoms with E-state index in [0.29, 0.717) is 6.42 Å². The maximum atomic E-state index is 12.5. The molecule has 0 radical (unpaired) electrons. The minimum atomic E-state index is -1.12. The molecule has 1 unspecified atom stereocenters. The molecule has 6 heteroatoms. The molecule has 0 spiro atoms. The Morgan fingerprint density at radius 2 is 0.589 bits per heavy atom. The van der Waals surface area contributed by atoms with Gasteiger partial charge in [-0.25, -0.2) is 0 Å². The number of aliphatic hydroxyl groups excluding tert-OH is 2. The first-order valence-corrected chi connectivity index (χ1v) is 33.3. The van der Waals surface area contributed by atoms with Crippen LogP contribution in [-0.2, 0) is 19.1 Å². The number of aliphatic hydroxyl groups is 2. The zero-order chi connectivity index (χ0) is 52.5. The summed E-state index contributed by atoms with van der Waals surface area (Å²) in [6.45, 7) is 1.21. The normalized spacial score (nSPS) is 15.2. The van der Waals surface area contributed by atoms with E-state index in [9.17, 15) is 19.8 Å². The monoisotopic (exact) mass is 1030 g/mol. The van der Waals surface area contributed by atoms with Crippen molar-refractivity contribution in [3.05, 3.63) is 12.2 Å². The Hall–Kier alpha value is -1.40. The lowest BCUT2D eigenvalue weighted by molar-refractivity contribution is -0.155. The maximum Gasteiger partial charge on any atom is 0.309 e. The second kappa shape index (κ2) is 56.8. The highest BCUT2D eigenvalue weighted by Gasteiger charge is 2.36. The first-order chi connectivity index (χ1) is 36.1. The average Bonchev–Trinajstić information content (AvgIpc) is 3.46. The van der Waals surface area contributed by atoms with Gasteiger partial charge in [0, 0.05) is 0 Å². The lowest BCUT2D eigenvalue weighted by Crippen LogP contribution is -2.40. The number of esters is 2. The molecule has 432 valence electrons. The maximum absolute atomic E-state index is 12.5. The third-order valence-electron chi connectivity index (χ3n) is 16.5. The van der Waals surface area contributed by atoms with Crippen molar-refractivity contribution in [1.29, 1.82) is 0 Å². The van der Waals surface area contributed by atoms with Gasteiger partial charge in [-0.15, -0.1) is 0 Å². The summed E-state index contributed by atoms with van der Waals surface area (Å²) in [5, 5.41) is 19.2. The lowest BCUT2D eigenvalue weighted by Gasteiger charge is -2.27. The Balaban J connectivity index is 1.68. The van der Waals surface area contributed by atoms with Gasteiger partial charge < -0.3 is 19.7 Å². The van der Waals surface area contributed by atoms with E-state index in [4.69, 9.17) is 9.47 Å². The summed E-state index contributed by atoms with van der Waals surface area (Å²) >= 11 is 0. The summed E-state index contributed by atoms with van der Waals surface area (Å²) in [5.74, 6) is -1.40. The number of allylic oxidation sites excluding steroid dienone is 2. The van der Waals surface area contributed by atoms with Crippen LogP contribution in [0.3, 0.4) is 0 Å². The predicted molar refractivity (Wildman–Crippen MR) is 315 cm³/mol. The van der Waals surface area contributed by atoms with Gasteiger partial charge in [-0.1, -0.05) is 340 Å². The number of hydrogen-bond acceptors (Lipinski definition) is 6. The highest BCUT2D eigenvalue weighted by Crippen LogP contribution is 2.25. The van der Waals surface area contributed by atoms with Crippen molar-refractivity contribution in [2.75, 3.05) is 26.4 Å². The highest BCUT2D eigenvalue weighted by molar-refractivity contribution is 5.80. The van der Waals surface area contributed by atoms with Crippen LogP contribution in [0, 0.1) is 11.3 Å². The van der Waals surface area contributed by atoms with Gasteiger partial charge in [-0.3, -0.25) is 9.59 Å². The quantitative estimate of drug-likeness (QED) is 0.0358. The van der Waals surface area contributed by atoms with Crippen LogP contribution in [0.5, 0.6) is 0 Å². The third-order valence-corrected chi connectivity index (χ3v) is 16.5. The van der Waals surface area contributed by atoms with E-state index < -0.39 is 36.5 Å². The Bertz CT molecular complexity index is 1150. The summed E-state index contributed by atoms with van der Waals surface area (Å²) in [7, 11) is 0. The number of hydrogen-bond donors (Lipinski definition) is 2. The summed E-state index contributed by atoms with van der Waals surface area (Å²) in [6, 6.07) is 0. The Morgan fingerprint density at radius 1 is 0.356 bits per heavy atom. The van der Waals surface area contributed by atoms with Gasteiger partial charge in [0.05, 0.1) is 31.0 Å². The van der Waals surface area contributed by atoms with Crippen LogP contribution in [-0.4, -0.2) is 48.6 Å². The summed E-state index contributed by atoms with van der Waals surface area (Å²) < 4.78 is 10.6. The van der Waals surface area contributed by atoms with Crippen LogP contribution in [0.4, 0.5) is 0 Å². The second-order valence-electron chi connectivity index (χ2n) is 23.9.